The lowest BCUT2D eigenvalue weighted by Crippen LogP contribution is -2.29. The van der Waals surface area contributed by atoms with Gasteiger partial charge in [-0.25, -0.2) is 4.39 Å². The molecule has 0 aromatic heterocycles. The molecule has 1 unspecified atom stereocenters. The van der Waals surface area contributed by atoms with E-state index >= 15 is 0 Å². The number of rotatable bonds is 4. The Morgan fingerprint density at radius 1 is 1.17 bits per heavy atom. The Hall–Kier alpha value is -1.42. The molecule has 2 aromatic rings. The first-order chi connectivity index (χ1) is 11.3. The molecule has 2 atom stereocenters. The molecule has 122 valence electrons. The standard InChI is InChI=1S/C19H21ClFNO/c20-18-7-4-8-19(21)17(18)11-16(14-5-2-1-3-6-14)15-12-22-9-10-23-13-15/h1-8,15-16,22H,9-13H2/t15-,16?/m1/s1. The topological polar surface area (TPSA) is 21.3 Å². The molecule has 1 aliphatic heterocycles. The number of benzene rings is 2. The average molecular weight is 334 g/mol. The Labute approximate surface area is 141 Å². The lowest BCUT2D eigenvalue weighted by molar-refractivity contribution is 0.114. The van der Waals surface area contributed by atoms with Crippen molar-refractivity contribution in [2.75, 3.05) is 26.3 Å². The predicted molar refractivity (Wildman–Crippen MR) is 91.5 cm³/mol. The first-order valence-corrected chi connectivity index (χ1v) is 8.40. The van der Waals surface area contributed by atoms with Crippen LogP contribution >= 0.6 is 11.6 Å². The van der Waals surface area contributed by atoms with Crippen molar-refractivity contribution in [1.29, 1.82) is 0 Å². The molecular formula is C19H21ClFNO. The zero-order valence-electron chi connectivity index (χ0n) is 13.0. The summed E-state index contributed by atoms with van der Waals surface area (Å²) in [7, 11) is 0. The van der Waals surface area contributed by atoms with Gasteiger partial charge in [-0.1, -0.05) is 48.0 Å². The van der Waals surface area contributed by atoms with Crippen molar-refractivity contribution in [3.63, 3.8) is 0 Å². The molecule has 23 heavy (non-hydrogen) atoms. The largest absolute Gasteiger partial charge is 0.380 e. The first-order valence-electron chi connectivity index (χ1n) is 8.02. The van der Waals surface area contributed by atoms with Crippen LogP contribution in [0.2, 0.25) is 5.02 Å². The smallest absolute Gasteiger partial charge is 0.127 e. The van der Waals surface area contributed by atoms with Crippen molar-refractivity contribution in [1.82, 2.24) is 5.32 Å². The van der Waals surface area contributed by atoms with Gasteiger partial charge in [0.05, 0.1) is 13.2 Å². The van der Waals surface area contributed by atoms with Crippen LogP contribution in [0.15, 0.2) is 48.5 Å². The molecule has 1 heterocycles. The van der Waals surface area contributed by atoms with Crippen LogP contribution in [0.4, 0.5) is 4.39 Å². The summed E-state index contributed by atoms with van der Waals surface area (Å²) >= 11 is 6.25. The molecule has 1 fully saturated rings. The van der Waals surface area contributed by atoms with Crippen LogP contribution in [0, 0.1) is 11.7 Å². The van der Waals surface area contributed by atoms with Gasteiger partial charge in [0.25, 0.3) is 0 Å². The van der Waals surface area contributed by atoms with Gasteiger partial charge in [0.2, 0.25) is 0 Å². The summed E-state index contributed by atoms with van der Waals surface area (Å²) in [6.45, 7) is 3.13. The Bertz CT molecular complexity index is 606. The van der Waals surface area contributed by atoms with Crippen molar-refractivity contribution in [2.24, 2.45) is 5.92 Å². The highest BCUT2D eigenvalue weighted by atomic mass is 35.5. The van der Waals surface area contributed by atoms with Gasteiger partial charge in [-0.15, -0.1) is 0 Å². The fourth-order valence-electron chi connectivity index (χ4n) is 3.19. The predicted octanol–water partition coefficient (Wildman–Crippen LogP) is 4.04. The highest BCUT2D eigenvalue weighted by Crippen LogP contribution is 2.32. The van der Waals surface area contributed by atoms with E-state index in [0.717, 1.165) is 19.7 Å². The molecule has 0 spiro atoms. The van der Waals surface area contributed by atoms with Crippen LogP contribution in [0.3, 0.4) is 0 Å². The second kappa shape index (κ2) is 7.91. The van der Waals surface area contributed by atoms with E-state index in [1.54, 1.807) is 12.1 Å². The van der Waals surface area contributed by atoms with E-state index < -0.39 is 0 Å². The van der Waals surface area contributed by atoms with E-state index in [4.69, 9.17) is 16.3 Å². The van der Waals surface area contributed by atoms with E-state index in [9.17, 15) is 4.39 Å². The van der Waals surface area contributed by atoms with Crippen molar-refractivity contribution in [3.8, 4) is 0 Å². The van der Waals surface area contributed by atoms with Crippen LogP contribution in [0.1, 0.15) is 17.0 Å². The van der Waals surface area contributed by atoms with Gasteiger partial charge in [0.15, 0.2) is 0 Å². The number of hydrogen-bond donors (Lipinski definition) is 1. The van der Waals surface area contributed by atoms with Gasteiger partial charge in [-0.3, -0.25) is 0 Å². The molecule has 0 amide bonds. The van der Waals surface area contributed by atoms with Gasteiger partial charge < -0.3 is 10.1 Å². The molecule has 1 N–H and O–H groups in total. The third-order valence-corrected chi connectivity index (χ3v) is 4.80. The van der Waals surface area contributed by atoms with Crippen LogP contribution in [0.25, 0.3) is 0 Å². The van der Waals surface area contributed by atoms with Crippen LogP contribution < -0.4 is 5.32 Å². The van der Waals surface area contributed by atoms with E-state index in [1.807, 2.05) is 18.2 Å². The summed E-state index contributed by atoms with van der Waals surface area (Å²) in [5.41, 5.74) is 1.79. The van der Waals surface area contributed by atoms with E-state index in [1.165, 1.54) is 11.6 Å². The van der Waals surface area contributed by atoms with E-state index in [2.05, 4.69) is 17.4 Å². The minimum absolute atomic E-state index is 0.163. The minimum atomic E-state index is -0.235. The summed E-state index contributed by atoms with van der Waals surface area (Å²) in [5, 5.41) is 3.90. The second-order valence-corrected chi connectivity index (χ2v) is 6.37. The van der Waals surface area contributed by atoms with E-state index in [0.29, 0.717) is 23.6 Å². The van der Waals surface area contributed by atoms with Gasteiger partial charge in [0, 0.05) is 29.6 Å². The van der Waals surface area contributed by atoms with Crippen molar-refractivity contribution < 1.29 is 9.13 Å². The maximum Gasteiger partial charge on any atom is 0.127 e. The third-order valence-electron chi connectivity index (χ3n) is 4.44. The fourth-order valence-corrected chi connectivity index (χ4v) is 3.43. The quantitative estimate of drug-likeness (QED) is 0.911. The average Bonchev–Trinajstić information content (AvgIpc) is 2.85. The molecule has 2 nitrogen and oxygen atoms in total. The van der Waals surface area contributed by atoms with E-state index in [-0.39, 0.29) is 17.7 Å². The zero-order chi connectivity index (χ0) is 16.1. The number of nitrogens with one attached hydrogen (secondary N) is 1. The van der Waals surface area contributed by atoms with Gasteiger partial charge >= 0.3 is 0 Å². The highest BCUT2D eigenvalue weighted by Gasteiger charge is 2.26. The normalized spacial score (nSPS) is 20.0. The Morgan fingerprint density at radius 3 is 2.78 bits per heavy atom. The van der Waals surface area contributed by atoms with Crippen LogP contribution in [0.5, 0.6) is 0 Å². The first kappa shape index (κ1) is 16.4. The summed E-state index contributed by atoms with van der Waals surface area (Å²) in [6.07, 6.45) is 0.575. The van der Waals surface area contributed by atoms with Crippen LogP contribution in [-0.2, 0) is 11.2 Å². The number of ether oxygens (including phenoxy) is 1. The monoisotopic (exact) mass is 333 g/mol. The maximum absolute atomic E-state index is 14.2. The summed E-state index contributed by atoms with van der Waals surface area (Å²) in [6, 6.07) is 15.1. The third kappa shape index (κ3) is 4.11. The lowest BCUT2D eigenvalue weighted by atomic mass is 9.81. The highest BCUT2D eigenvalue weighted by molar-refractivity contribution is 6.31. The SMILES string of the molecule is Fc1cccc(Cl)c1CC(c1ccccc1)[C@@H]1CNCCOC1. The zero-order valence-corrected chi connectivity index (χ0v) is 13.7. The summed E-state index contributed by atoms with van der Waals surface area (Å²) in [5.74, 6) is 0.215. The Balaban J connectivity index is 1.91. The molecule has 0 aliphatic carbocycles. The fraction of sp³-hybridized carbons (Fsp3) is 0.368. The lowest BCUT2D eigenvalue weighted by Gasteiger charge is -2.27. The Morgan fingerprint density at radius 2 is 2.00 bits per heavy atom. The molecule has 0 bridgehead atoms. The van der Waals surface area contributed by atoms with Crippen molar-refractivity contribution >= 4 is 11.6 Å². The molecule has 1 aliphatic rings. The van der Waals surface area contributed by atoms with Crippen LogP contribution in [-0.4, -0.2) is 26.3 Å². The molecule has 4 heteroatoms. The second-order valence-electron chi connectivity index (χ2n) is 5.96. The molecule has 2 aromatic carbocycles. The van der Waals surface area contributed by atoms with Gasteiger partial charge in [0.1, 0.15) is 5.82 Å². The molecule has 1 saturated heterocycles. The molecule has 0 saturated carbocycles. The molecular weight excluding hydrogens is 313 g/mol. The minimum Gasteiger partial charge on any atom is -0.380 e. The maximum atomic E-state index is 14.2. The number of hydrogen-bond acceptors (Lipinski definition) is 2. The van der Waals surface area contributed by atoms with Gasteiger partial charge in [-0.05, 0) is 30.0 Å². The molecule has 0 radical (unpaired) electrons. The van der Waals surface area contributed by atoms with Crippen molar-refractivity contribution in [3.05, 3.63) is 70.5 Å². The Kier molecular flexibility index (Phi) is 5.65. The summed E-state index contributed by atoms with van der Waals surface area (Å²) in [4.78, 5) is 0. The number of halogens is 2. The molecule has 3 rings (SSSR count). The van der Waals surface area contributed by atoms with Gasteiger partial charge in [-0.2, -0.15) is 0 Å². The summed E-state index contributed by atoms with van der Waals surface area (Å²) < 4.78 is 20.0. The van der Waals surface area contributed by atoms with Crippen molar-refractivity contribution in [2.45, 2.75) is 12.3 Å².